The average molecular weight is 280 g/mol. The van der Waals surface area contributed by atoms with E-state index >= 15 is 0 Å². The fraction of sp³-hybridized carbons (Fsp3) is 0.467. The molecule has 0 aliphatic heterocycles. The maximum Gasteiger partial charge on any atom is 0.245 e. The molecule has 0 heterocycles. The lowest BCUT2D eigenvalue weighted by molar-refractivity contribution is -0.136. The van der Waals surface area contributed by atoms with Gasteiger partial charge in [0.2, 0.25) is 11.8 Å². The van der Waals surface area contributed by atoms with Crippen LogP contribution in [-0.4, -0.2) is 29.8 Å². The number of carbonyl (C=O) groups is 2. The van der Waals surface area contributed by atoms with E-state index in [1.807, 2.05) is 13.8 Å². The lowest BCUT2D eigenvalue weighted by Gasteiger charge is -2.26. The van der Waals surface area contributed by atoms with Crippen molar-refractivity contribution in [1.82, 2.24) is 10.2 Å². The van der Waals surface area contributed by atoms with Crippen molar-refractivity contribution < 1.29 is 14.0 Å². The van der Waals surface area contributed by atoms with Gasteiger partial charge in [-0.25, -0.2) is 4.39 Å². The Balaban J connectivity index is 2.76. The van der Waals surface area contributed by atoms with Crippen LogP contribution in [0.5, 0.6) is 0 Å². The third-order valence-corrected chi connectivity index (χ3v) is 2.98. The van der Waals surface area contributed by atoms with E-state index in [0.717, 1.165) is 0 Å². The van der Waals surface area contributed by atoms with Gasteiger partial charge in [0.15, 0.2) is 0 Å². The monoisotopic (exact) mass is 280 g/mol. The van der Waals surface area contributed by atoms with Crippen LogP contribution in [0.2, 0.25) is 0 Å². The Bertz CT molecular complexity index is 489. The van der Waals surface area contributed by atoms with Crippen molar-refractivity contribution in [2.24, 2.45) is 5.92 Å². The second-order valence-corrected chi connectivity index (χ2v) is 5.25. The number of carbonyl (C=O) groups excluding carboxylic acids is 2. The Morgan fingerprint density at radius 3 is 2.50 bits per heavy atom. The largest absolute Gasteiger partial charge is 0.344 e. The van der Waals surface area contributed by atoms with Crippen molar-refractivity contribution in [3.63, 3.8) is 0 Å². The number of nitrogens with zero attached hydrogens (tertiary/aromatic N) is 1. The molecule has 0 radical (unpaired) electrons. The van der Waals surface area contributed by atoms with Gasteiger partial charge in [0.05, 0.1) is 0 Å². The van der Waals surface area contributed by atoms with E-state index in [-0.39, 0.29) is 23.5 Å². The highest BCUT2D eigenvalue weighted by atomic mass is 19.1. The molecular weight excluding hydrogens is 259 g/mol. The van der Waals surface area contributed by atoms with Crippen molar-refractivity contribution in [3.05, 3.63) is 35.6 Å². The Hall–Kier alpha value is -1.91. The van der Waals surface area contributed by atoms with Gasteiger partial charge in [0.25, 0.3) is 0 Å². The molecule has 1 N–H and O–H groups in total. The molecule has 4 nitrogen and oxygen atoms in total. The van der Waals surface area contributed by atoms with Crippen molar-refractivity contribution in [2.45, 2.75) is 33.4 Å². The molecule has 1 unspecified atom stereocenters. The number of amides is 2. The zero-order valence-corrected chi connectivity index (χ0v) is 12.3. The Morgan fingerprint density at radius 1 is 1.35 bits per heavy atom. The Kier molecular flexibility index (Phi) is 5.67. The highest BCUT2D eigenvalue weighted by Crippen LogP contribution is 2.10. The summed E-state index contributed by atoms with van der Waals surface area (Å²) in [6.07, 6.45) is 0. The third-order valence-electron chi connectivity index (χ3n) is 2.98. The molecule has 0 aliphatic rings. The Labute approximate surface area is 119 Å². The van der Waals surface area contributed by atoms with Crippen LogP contribution in [-0.2, 0) is 16.1 Å². The van der Waals surface area contributed by atoms with E-state index in [1.165, 1.54) is 24.0 Å². The highest BCUT2D eigenvalue weighted by Gasteiger charge is 2.25. The van der Waals surface area contributed by atoms with Crippen molar-refractivity contribution in [2.75, 3.05) is 7.05 Å². The van der Waals surface area contributed by atoms with Crippen molar-refractivity contribution in [3.8, 4) is 0 Å². The van der Waals surface area contributed by atoms with Crippen LogP contribution in [0.4, 0.5) is 4.39 Å². The summed E-state index contributed by atoms with van der Waals surface area (Å²) in [5.74, 6) is -0.761. The molecule has 1 rings (SSSR count). The number of rotatable bonds is 5. The maximum atomic E-state index is 13.1. The van der Waals surface area contributed by atoms with Gasteiger partial charge in [0.1, 0.15) is 11.9 Å². The first-order chi connectivity index (χ1) is 9.31. The minimum atomic E-state index is -0.564. The SMILES string of the molecule is CC(=O)NC(C(=O)N(C)Cc1cccc(F)c1)C(C)C. The molecule has 0 fully saturated rings. The summed E-state index contributed by atoms with van der Waals surface area (Å²) in [4.78, 5) is 25.0. The van der Waals surface area contributed by atoms with E-state index in [2.05, 4.69) is 5.32 Å². The molecule has 20 heavy (non-hydrogen) atoms. The fourth-order valence-corrected chi connectivity index (χ4v) is 1.96. The predicted octanol–water partition coefficient (Wildman–Crippen LogP) is 1.94. The number of nitrogens with one attached hydrogen (secondary N) is 1. The first-order valence-corrected chi connectivity index (χ1v) is 6.57. The van der Waals surface area contributed by atoms with Crippen LogP contribution in [0.3, 0.4) is 0 Å². The fourth-order valence-electron chi connectivity index (χ4n) is 1.96. The van der Waals surface area contributed by atoms with E-state index < -0.39 is 6.04 Å². The van der Waals surface area contributed by atoms with Crippen LogP contribution >= 0.6 is 0 Å². The van der Waals surface area contributed by atoms with Gasteiger partial charge in [-0.1, -0.05) is 26.0 Å². The second-order valence-electron chi connectivity index (χ2n) is 5.25. The molecule has 1 aromatic rings. The zero-order chi connectivity index (χ0) is 15.3. The van der Waals surface area contributed by atoms with Crippen LogP contribution in [0, 0.1) is 11.7 Å². The molecule has 110 valence electrons. The molecule has 0 saturated heterocycles. The number of benzene rings is 1. The molecular formula is C15H21FN2O2. The predicted molar refractivity (Wildman–Crippen MR) is 75.3 cm³/mol. The van der Waals surface area contributed by atoms with Gasteiger partial charge < -0.3 is 10.2 Å². The molecule has 1 aromatic carbocycles. The molecule has 0 spiro atoms. The Morgan fingerprint density at radius 2 is 2.00 bits per heavy atom. The van der Waals surface area contributed by atoms with Gasteiger partial charge in [0, 0.05) is 20.5 Å². The minimum absolute atomic E-state index is 0.0126. The molecule has 5 heteroatoms. The van der Waals surface area contributed by atoms with E-state index in [0.29, 0.717) is 12.1 Å². The smallest absolute Gasteiger partial charge is 0.245 e. The number of likely N-dealkylation sites (N-methyl/N-ethyl adjacent to an activating group) is 1. The number of hydrogen-bond donors (Lipinski definition) is 1. The number of hydrogen-bond acceptors (Lipinski definition) is 2. The summed E-state index contributed by atoms with van der Waals surface area (Å²) in [6.45, 7) is 5.43. The van der Waals surface area contributed by atoms with Gasteiger partial charge in [-0.15, -0.1) is 0 Å². The normalized spacial score (nSPS) is 12.1. The first-order valence-electron chi connectivity index (χ1n) is 6.57. The van der Waals surface area contributed by atoms with Crippen molar-refractivity contribution in [1.29, 1.82) is 0 Å². The van der Waals surface area contributed by atoms with E-state index in [9.17, 15) is 14.0 Å². The van der Waals surface area contributed by atoms with Crippen LogP contribution in [0.15, 0.2) is 24.3 Å². The molecule has 0 aliphatic carbocycles. The van der Waals surface area contributed by atoms with E-state index in [1.54, 1.807) is 19.2 Å². The average Bonchev–Trinajstić information content (AvgIpc) is 2.34. The quantitative estimate of drug-likeness (QED) is 0.896. The molecule has 0 aromatic heterocycles. The number of halogens is 1. The highest BCUT2D eigenvalue weighted by molar-refractivity contribution is 5.86. The summed E-state index contributed by atoms with van der Waals surface area (Å²) in [5, 5.41) is 2.65. The summed E-state index contributed by atoms with van der Waals surface area (Å²) in [6, 6.07) is 5.56. The van der Waals surface area contributed by atoms with Gasteiger partial charge >= 0.3 is 0 Å². The van der Waals surface area contributed by atoms with Gasteiger partial charge in [-0.2, -0.15) is 0 Å². The molecule has 2 amide bonds. The second kappa shape index (κ2) is 7.03. The van der Waals surface area contributed by atoms with Gasteiger partial charge in [-0.3, -0.25) is 9.59 Å². The van der Waals surface area contributed by atoms with Crippen LogP contribution in [0.25, 0.3) is 0 Å². The van der Waals surface area contributed by atoms with E-state index in [4.69, 9.17) is 0 Å². The van der Waals surface area contributed by atoms with Crippen molar-refractivity contribution >= 4 is 11.8 Å². The maximum absolute atomic E-state index is 13.1. The third kappa shape index (κ3) is 4.64. The summed E-state index contributed by atoms with van der Waals surface area (Å²) >= 11 is 0. The topological polar surface area (TPSA) is 49.4 Å². The zero-order valence-electron chi connectivity index (χ0n) is 12.3. The lowest BCUT2D eigenvalue weighted by atomic mass is 10.0. The summed E-state index contributed by atoms with van der Waals surface area (Å²) in [5.41, 5.74) is 0.714. The van der Waals surface area contributed by atoms with Crippen LogP contribution in [0.1, 0.15) is 26.3 Å². The van der Waals surface area contributed by atoms with Gasteiger partial charge in [-0.05, 0) is 23.6 Å². The molecule has 0 bridgehead atoms. The molecule has 1 atom stereocenters. The standard InChI is InChI=1S/C15H21FN2O2/c1-10(2)14(17-11(3)19)15(20)18(4)9-12-6-5-7-13(16)8-12/h5-8,10,14H,9H2,1-4H3,(H,17,19). The van der Waals surface area contributed by atoms with Crippen LogP contribution < -0.4 is 5.32 Å². The lowest BCUT2D eigenvalue weighted by Crippen LogP contribution is -2.49. The first kappa shape index (κ1) is 16.1. The minimum Gasteiger partial charge on any atom is -0.344 e. The summed E-state index contributed by atoms with van der Waals surface area (Å²) < 4.78 is 13.1. The molecule has 0 saturated carbocycles. The summed E-state index contributed by atoms with van der Waals surface area (Å²) in [7, 11) is 1.64.